The molecule has 25 heavy (non-hydrogen) atoms. The second-order valence-corrected chi connectivity index (χ2v) is 7.64. The van der Waals surface area contributed by atoms with Crippen LogP contribution in [0.25, 0.3) is 11.1 Å². The maximum absolute atomic E-state index is 5.70. The van der Waals surface area contributed by atoms with Crippen molar-refractivity contribution in [1.29, 1.82) is 0 Å². The SMILES string of the molecule is CCc1ccc(-c2ccc(CCC3CCC(C=CCl)CC3)cc2)cc1. The fraction of sp³-hybridized carbons (Fsp3) is 0.417. The van der Waals surface area contributed by atoms with E-state index >= 15 is 0 Å². The first-order valence-electron chi connectivity index (χ1n) is 9.73. The van der Waals surface area contributed by atoms with Gasteiger partial charge in [-0.1, -0.05) is 73.1 Å². The van der Waals surface area contributed by atoms with Crippen LogP contribution in [0.3, 0.4) is 0 Å². The van der Waals surface area contributed by atoms with E-state index in [1.54, 1.807) is 5.54 Å². The van der Waals surface area contributed by atoms with Crippen LogP contribution in [0.15, 0.2) is 60.1 Å². The monoisotopic (exact) mass is 352 g/mol. The van der Waals surface area contributed by atoms with E-state index in [9.17, 15) is 0 Å². The Morgan fingerprint density at radius 2 is 1.40 bits per heavy atom. The molecule has 0 amide bonds. The first kappa shape index (κ1) is 18.3. The summed E-state index contributed by atoms with van der Waals surface area (Å²) in [6, 6.07) is 18.1. The van der Waals surface area contributed by atoms with Crippen molar-refractivity contribution in [2.45, 2.75) is 51.9 Å². The third kappa shape index (κ3) is 5.22. The Bertz CT molecular complexity index is 658. The average Bonchev–Trinajstić information content (AvgIpc) is 2.68. The van der Waals surface area contributed by atoms with Gasteiger partial charge >= 0.3 is 0 Å². The van der Waals surface area contributed by atoms with Gasteiger partial charge in [0.1, 0.15) is 0 Å². The highest BCUT2D eigenvalue weighted by atomic mass is 35.5. The van der Waals surface area contributed by atoms with Crippen LogP contribution in [0, 0.1) is 11.8 Å². The largest absolute Gasteiger partial charge is 0.0933 e. The van der Waals surface area contributed by atoms with Gasteiger partial charge in [0.05, 0.1) is 0 Å². The minimum atomic E-state index is 0.715. The van der Waals surface area contributed by atoms with Crippen LogP contribution in [0.4, 0.5) is 0 Å². The molecule has 0 heterocycles. The van der Waals surface area contributed by atoms with Crippen molar-refractivity contribution in [2.75, 3.05) is 0 Å². The summed E-state index contributed by atoms with van der Waals surface area (Å²) in [7, 11) is 0. The Kier molecular flexibility index (Phi) is 6.76. The zero-order valence-corrected chi connectivity index (χ0v) is 16.0. The molecule has 1 saturated carbocycles. The van der Waals surface area contributed by atoms with E-state index in [4.69, 9.17) is 11.6 Å². The summed E-state index contributed by atoms with van der Waals surface area (Å²) in [4.78, 5) is 0. The number of hydrogen-bond acceptors (Lipinski definition) is 0. The number of rotatable bonds is 6. The second-order valence-electron chi connectivity index (χ2n) is 7.39. The number of hydrogen-bond donors (Lipinski definition) is 0. The minimum Gasteiger partial charge on any atom is -0.0933 e. The molecular formula is C24H29Cl. The molecule has 2 aromatic carbocycles. The second kappa shape index (κ2) is 9.25. The highest BCUT2D eigenvalue weighted by Crippen LogP contribution is 2.32. The van der Waals surface area contributed by atoms with Gasteiger partial charge in [-0.3, -0.25) is 0 Å². The van der Waals surface area contributed by atoms with Gasteiger partial charge in [0.2, 0.25) is 0 Å². The normalized spacial score (nSPS) is 20.9. The van der Waals surface area contributed by atoms with E-state index in [-0.39, 0.29) is 0 Å². The molecule has 0 aliphatic heterocycles. The van der Waals surface area contributed by atoms with Crippen LogP contribution >= 0.6 is 11.6 Å². The third-order valence-electron chi connectivity index (χ3n) is 5.73. The van der Waals surface area contributed by atoms with Crippen molar-refractivity contribution in [3.05, 3.63) is 71.3 Å². The van der Waals surface area contributed by atoms with Crippen molar-refractivity contribution in [2.24, 2.45) is 11.8 Å². The summed E-state index contributed by atoms with van der Waals surface area (Å²) in [5, 5.41) is 0. The Balaban J connectivity index is 1.51. The lowest BCUT2D eigenvalue weighted by Gasteiger charge is -2.26. The van der Waals surface area contributed by atoms with Crippen LogP contribution in [-0.2, 0) is 12.8 Å². The van der Waals surface area contributed by atoms with Crippen molar-refractivity contribution in [1.82, 2.24) is 0 Å². The fourth-order valence-electron chi connectivity index (χ4n) is 3.94. The van der Waals surface area contributed by atoms with Gasteiger partial charge in [-0.25, -0.2) is 0 Å². The number of aryl methyl sites for hydroxylation is 2. The van der Waals surface area contributed by atoms with Crippen LogP contribution in [0.1, 0.15) is 50.2 Å². The zero-order chi connectivity index (χ0) is 17.5. The maximum atomic E-state index is 5.70. The average molecular weight is 353 g/mol. The zero-order valence-electron chi connectivity index (χ0n) is 15.3. The molecule has 2 aromatic rings. The van der Waals surface area contributed by atoms with E-state index in [0.717, 1.165) is 12.3 Å². The lowest BCUT2D eigenvalue weighted by molar-refractivity contribution is 0.296. The summed E-state index contributed by atoms with van der Waals surface area (Å²) in [5.74, 6) is 1.60. The van der Waals surface area contributed by atoms with E-state index in [0.29, 0.717) is 5.92 Å². The Labute approximate surface area is 157 Å². The molecule has 0 saturated heterocycles. The molecule has 0 atom stereocenters. The highest BCUT2D eigenvalue weighted by Gasteiger charge is 2.19. The van der Waals surface area contributed by atoms with Gasteiger partial charge in [-0.05, 0) is 79.0 Å². The molecule has 0 spiro atoms. The van der Waals surface area contributed by atoms with Crippen LogP contribution < -0.4 is 0 Å². The van der Waals surface area contributed by atoms with Gasteiger partial charge in [0.15, 0.2) is 0 Å². The molecule has 1 heteroatoms. The Morgan fingerprint density at radius 1 is 0.840 bits per heavy atom. The standard InChI is InChI=1S/C24H29Cl/c1-2-19-9-13-23(14-10-19)24-15-11-21(12-16-24)4-3-20-5-7-22(8-6-20)17-18-25/h9-18,20,22H,2-8H2,1H3. The fourth-order valence-corrected chi connectivity index (χ4v) is 4.15. The van der Waals surface area contributed by atoms with Crippen molar-refractivity contribution >= 4 is 11.6 Å². The van der Waals surface area contributed by atoms with E-state index < -0.39 is 0 Å². The molecule has 3 rings (SSSR count). The van der Waals surface area contributed by atoms with E-state index in [2.05, 4.69) is 61.5 Å². The lowest BCUT2D eigenvalue weighted by Crippen LogP contribution is -2.13. The van der Waals surface area contributed by atoms with Crippen molar-refractivity contribution in [3.63, 3.8) is 0 Å². The molecule has 1 aliphatic rings. The molecule has 0 unspecified atom stereocenters. The first-order chi connectivity index (χ1) is 12.3. The molecule has 0 N–H and O–H groups in total. The van der Waals surface area contributed by atoms with Gasteiger partial charge in [0, 0.05) is 5.54 Å². The first-order valence-corrected chi connectivity index (χ1v) is 10.2. The van der Waals surface area contributed by atoms with Crippen LogP contribution in [-0.4, -0.2) is 0 Å². The van der Waals surface area contributed by atoms with E-state index in [1.807, 2.05) is 0 Å². The van der Waals surface area contributed by atoms with Gasteiger partial charge < -0.3 is 0 Å². The van der Waals surface area contributed by atoms with Crippen molar-refractivity contribution in [3.8, 4) is 11.1 Å². The van der Waals surface area contributed by atoms with Crippen LogP contribution in [0.5, 0.6) is 0 Å². The summed E-state index contributed by atoms with van der Waals surface area (Å²) in [6.45, 7) is 2.20. The minimum absolute atomic E-state index is 0.715. The smallest absolute Gasteiger partial charge is 0.000525 e. The maximum Gasteiger partial charge on any atom is 0.000525 e. The topological polar surface area (TPSA) is 0 Å². The lowest BCUT2D eigenvalue weighted by atomic mass is 9.79. The molecule has 0 aromatic heterocycles. The summed E-state index contributed by atoms with van der Waals surface area (Å²) in [6.07, 6.45) is 11.1. The number of benzene rings is 2. The molecule has 0 radical (unpaired) electrons. The molecular weight excluding hydrogens is 324 g/mol. The molecule has 0 bridgehead atoms. The Hall–Kier alpha value is -1.53. The van der Waals surface area contributed by atoms with Gasteiger partial charge in [-0.2, -0.15) is 0 Å². The van der Waals surface area contributed by atoms with Crippen molar-refractivity contribution < 1.29 is 0 Å². The quantitative estimate of drug-likeness (QED) is 0.507. The molecule has 0 nitrogen and oxygen atoms in total. The summed E-state index contributed by atoms with van der Waals surface area (Å²) < 4.78 is 0. The summed E-state index contributed by atoms with van der Waals surface area (Å²) in [5.41, 5.74) is 7.20. The van der Waals surface area contributed by atoms with Gasteiger partial charge in [0.25, 0.3) is 0 Å². The third-order valence-corrected chi connectivity index (χ3v) is 5.87. The van der Waals surface area contributed by atoms with Crippen LogP contribution in [0.2, 0.25) is 0 Å². The number of allylic oxidation sites excluding steroid dienone is 1. The molecule has 132 valence electrons. The van der Waals surface area contributed by atoms with E-state index in [1.165, 1.54) is 60.8 Å². The summed E-state index contributed by atoms with van der Waals surface area (Å²) >= 11 is 5.70. The Morgan fingerprint density at radius 3 is 1.92 bits per heavy atom. The predicted octanol–water partition coefficient (Wildman–Crippen LogP) is 7.41. The number of halogens is 1. The highest BCUT2D eigenvalue weighted by molar-refractivity contribution is 6.25. The molecule has 1 fully saturated rings. The van der Waals surface area contributed by atoms with Gasteiger partial charge in [-0.15, -0.1) is 0 Å². The predicted molar refractivity (Wildman–Crippen MR) is 110 cm³/mol. The molecule has 1 aliphatic carbocycles.